The van der Waals surface area contributed by atoms with Gasteiger partial charge >= 0.3 is 5.97 Å². The van der Waals surface area contributed by atoms with E-state index in [-0.39, 0.29) is 29.0 Å². The highest BCUT2D eigenvalue weighted by Crippen LogP contribution is 2.26. The third kappa shape index (κ3) is 4.13. The van der Waals surface area contributed by atoms with Crippen molar-refractivity contribution < 1.29 is 28.7 Å². The molecule has 0 unspecified atom stereocenters. The first kappa shape index (κ1) is 21.0. The molecule has 0 atom stereocenters. The van der Waals surface area contributed by atoms with E-state index in [4.69, 9.17) is 9.47 Å². The first-order valence-corrected chi connectivity index (χ1v) is 9.86. The average molecular weight is 429 g/mol. The number of carbonyl (C=O) groups is 4. The summed E-state index contributed by atoms with van der Waals surface area (Å²) in [6, 6.07) is 19.8. The fourth-order valence-electron chi connectivity index (χ4n) is 3.40. The van der Waals surface area contributed by atoms with Gasteiger partial charge in [-0.1, -0.05) is 30.3 Å². The van der Waals surface area contributed by atoms with Crippen LogP contribution in [0.2, 0.25) is 0 Å². The van der Waals surface area contributed by atoms with Crippen LogP contribution in [0.5, 0.6) is 5.75 Å². The highest BCUT2D eigenvalue weighted by Gasteiger charge is 2.36. The molecular weight excluding hydrogens is 410 g/mol. The third-order valence-electron chi connectivity index (χ3n) is 5.14. The van der Waals surface area contributed by atoms with Gasteiger partial charge in [0.15, 0.2) is 12.4 Å². The van der Waals surface area contributed by atoms with E-state index >= 15 is 0 Å². The first-order valence-electron chi connectivity index (χ1n) is 9.86. The summed E-state index contributed by atoms with van der Waals surface area (Å²) >= 11 is 0. The molecule has 0 bridgehead atoms. The van der Waals surface area contributed by atoms with Crippen molar-refractivity contribution >= 4 is 23.6 Å². The van der Waals surface area contributed by atoms with E-state index in [0.717, 1.165) is 10.5 Å². The van der Waals surface area contributed by atoms with Crippen molar-refractivity contribution in [3.63, 3.8) is 0 Å². The number of ether oxygens (including phenoxy) is 2. The maximum absolute atomic E-state index is 12.8. The van der Waals surface area contributed by atoms with E-state index in [1.165, 1.54) is 25.3 Å². The fraction of sp³-hybridized carbons (Fsp3) is 0.120. The maximum atomic E-state index is 12.8. The first-order chi connectivity index (χ1) is 15.5. The second-order valence-corrected chi connectivity index (χ2v) is 7.17. The molecule has 0 spiro atoms. The van der Waals surface area contributed by atoms with Crippen LogP contribution >= 0.6 is 0 Å². The highest BCUT2D eigenvalue weighted by molar-refractivity contribution is 6.21. The molecule has 1 heterocycles. The topological polar surface area (TPSA) is 90.0 Å². The molecule has 0 aliphatic carbocycles. The number of hydrogen-bond acceptors (Lipinski definition) is 6. The second-order valence-electron chi connectivity index (χ2n) is 7.17. The lowest BCUT2D eigenvalue weighted by Gasteiger charge is -2.13. The van der Waals surface area contributed by atoms with Gasteiger partial charge in [-0.2, -0.15) is 0 Å². The molecule has 7 heteroatoms. The average Bonchev–Trinajstić information content (AvgIpc) is 3.07. The molecule has 2 amide bonds. The number of imide groups is 1. The van der Waals surface area contributed by atoms with Gasteiger partial charge < -0.3 is 9.47 Å². The summed E-state index contributed by atoms with van der Waals surface area (Å²) in [5, 5.41) is 0. The highest BCUT2D eigenvalue weighted by atomic mass is 16.5. The Balaban J connectivity index is 1.44. The predicted molar refractivity (Wildman–Crippen MR) is 115 cm³/mol. The van der Waals surface area contributed by atoms with Crippen LogP contribution in [-0.4, -0.2) is 42.2 Å². The fourth-order valence-corrected chi connectivity index (χ4v) is 3.40. The van der Waals surface area contributed by atoms with E-state index in [1.54, 1.807) is 24.3 Å². The molecule has 4 rings (SSSR count). The molecule has 0 aromatic heterocycles. The molecule has 1 aliphatic rings. The number of carbonyl (C=O) groups excluding carboxylic acids is 4. The molecule has 1 aliphatic heterocycles. The van der Waals surface area contributed by atoms with Crippen molar-refractivity contribution in [1.82, 2.24) is 4.90 Å². The Morgan fingerprint density at radius 1 is 0.812 bits per heavy atom. The Bertz CT molecular complexity index is 1200. The smallest absolute Gasteiger partial charge is 0.338 e. The van der Waals surface area contributed by atoms with Crippen LogP contribution in [0, 0.1) is 0 Å². The Morgan fingerprint density at radius 3 is 2.16 bits per heavy atom. The minimum Gasteiger partial charge on any atom is -0.497 e. The van der Waals surface area contributed by atoms with Crippen LogP contribution in [0.3, 0.4) is 0 Å². The monoisotopic (exact) mass is 429 g/mol. The second kappa shape index (κ2) is 8.85. The number of amides is 2. The number of ketones is 1. The van der Waals surface area contributed by atoms with Gasteiger partial charge in [-0.3, -0.25) is 19.3 Å². The van der Waals surface area contributed by atoms with Crippen molar-refractivity contribution in [2.24, 2.45) is 0 Å². The molecule has 0 radical (unpaired) electrons. The molecule has 0 saturated heterocycles. The van der Waals surface area contributed by atoms with Crippen molar-refractivity contribution in [2.75, 3.05) is 13.7 Å². The van der Waals surface area contributed by atoms with Crippen LogP contribution < -0.4 is 4.74 Å². The summed E-state index contributed by atoms with van der Waals surface area (Å²) in [6.45, 7) is -0.307. The molecule has 160 valence electrons. The lowest BCUT2D eigenvalue weighted by atomic mass is 10.1. The van der Waals surface area contributed by atoms with Crippen molar-refractivity contribution in [3.8, 4) is 5.75 Å². The molecular formula is C25H19NO6. The molecule has 3 aromatic carbocycles. The Morgan fingerprint density at radius 2 is 1.47 bits per heavy atom. The van der Waals surface area contributed by atoms with Gasteiger partial charge in [-0.15, -0.1) is 0 Å². The maximum Gasteiger partial charge on any atom is 0.338 e. The number of benzene rings is 3. The lowest BCUT2D eigenvalue weighted by Crippen LogP contribution is -2.29. The number of esters is 1. The summed E-state index contributed by atoms with van der Waals surface area (Å²) in [4.78, 5) is 51.3. The normalized spacial score (nSPS) is 12.5. The van der Waals surface area contributed by atoms with E-state index < -0.39 is 24.4 Å². The van der Waals surface area contributed by atoms with E-state index in [0.29, 0.717) is 11.3 Å². The predicted octanol–water partition coefficient (Wildman–Crippen LogP) is 3.53. The molecule has 3 aromatic rings. The molecule has 0 saturated carbocycles. The molecule has 7 nitrogen and oxygen atoms in total. The van der Waals surface area contributed by atoms with Crippen molar-refractivity contribution in [1.29, 1.82) is 0 Å². The number of Topliss-reactive ketones (excluding diaryl/α,β-unsaturated/α-hetero) is 1. The number of hydrogen-bond donors (Lipinski definition) is 0. The minimum absolute atomic E-state index is 0.0917. The van der Waals surface area contributed by atoms with E-state index in [2.05, 4.69) is 0 Å². The Kier molecular flexibility index (Phi) is 5.81. The van der Waals surface area contributed by atoms with E-state index in [9.17, 15) is 19.2 Å². The minimum atomic E-state index is -0.753. The zero-order valence-corrected chi connectivity index (χ0v) is 17.2. The van der Waals surface area contributed by atoms with Gasteiger partial charge in [0.05, 0.1) is 30.3 Å². The summed E-state index contributed by atoms with van der Waals surface area (Å²) in [7, 11) is 1.52. The van der Waals surface area contributed by atoms with Crippen LogP contribution in [0.1, 0.15) is 47.0 Å². The summed E-state index contributed by atoms with van der Waals surface area (Å²) in [5.41, 5.74) is 1.66. The zero-order chi connectivity index (χ0) is 22.7. The molecule has 0 N–H and O–H groups in total. The summed E-state index contributed by atoms with van der Waals surface area (Å²) in [6.07, 6.45) is 0. The molecule has 0 fully saturated rings. The summed E-state index contributed by atoms with van der Waals surface area (Å²) in [5.74, 6) is -1.41. The third-order valence-corrected chi connectivity index (χ3v) is 5.14. The Hall–Kier alpha value is -4.26. The van der Waals surface area contributed by atoms with Gasteiger partial charge in [0.25, 0.3) is 11.8 Å². The van der Waals surface area contributed by atoms with Crippen LogP contribution in [0.4, 0.5) is 0 Å². The van der Waals surface area contributed by atoms with Crippen LogP contribution in [-0.2, 0) is 11.3 Å². The number of fused-ring (bicyclic) bond motifs is 1. The number of methoxy groups -OCH3 is 1. The largest absolute Gasteiger partial charge is 0.497 e. The van der Waals surface area contributed by atoms with Gasteiger partial charge in [0.2, 0.25) is 0 Å². The Labute approximate surface area is 184 Å². The SMILES string of the molecule is COc1ccc(C(=O)COC(=O)c2ccc3c(c2)C(=O)N(Cc2ccccc2)C3=O)cc1. The molecule has 32 heavy (non-hydrogen) atoms. The van der Waals surface area contributed by atoms with Gasteiger partial charge in [-0.05, 0) is 48.0 Å². The van der Waals surface area contributed by atoms with Gasteiger partial charge in [0, 0.05) is 5.56 Å². The van der Waals surface area contributed by atoms with Crippen LogP contribution in [0.15, 0.2) is 72.8 Å². The van der Waals surface area contributed by atoms with Crippen LogP contribution in [0.25, 0.3) is 0 Å². The zero-order valence-electron chi connectivity index (χ0n) is 17.2. The quantitative estimate of drug-likeness (QED) is 0.324. The standard InChI is InChI=1S/C25H19NO6/c1-31-19-10-7-17(8-11-19)22(27)15-32-25(30)18-9-12-20-21(13-18)24(29)26(23(20)28)14-16-5-3-2-4-6-16/h2-13H,14-15H2,1H3. The number of nitrogens with zero attached hydrogens (tertiary/aromatic N) is 1. The summed E-state index contributed by atoms with van der Waals surface area (Å²) < 4.78 is 10.2. The van der Waals surface area contributed by atoms with Gasteiger partial charge in [0.1, 0.15) is 5.75 Å². The lowest BCUT2D eigenvalue weighted by molar-refractivity contribution is 0.0474. The van der Waals surface area contributed by atoms with Crippen molar-refractivity contribution in [3.05, 3.63) is 101 Å². The van der Waals surface area contributed by atoms with Crippen molar-refractivity contribution in [2.45, 2.75) is 6.54 Å². The van der Waals surface area contributed by atoms with Gasteiger partial charge in [-0.25, -0.2) is 4.79 Å². The van der Waals surface area contributed by atoms with E-state index in [1.807, 2.05) is 30.3 Å². The number of rotatable bonds is 7.